The average molecular weight is 291 g/mol. The standard InChI is InChI=1S/C10H11F2N3O3S/c11-10(12)8(16)5-15-19(17,18)9-2-1-6(4-13)3-7(9)14/h1-3,8,10,15-16H,5,14H2. The number of sulfonamides is 1. The van der Waals surface area contributed by atoms with Crippen LogP contribution in [0.5, 0.6) is 0 Å². The van der Waals surface area contributed by atoms with Gasteiger partial charge in [0.2, 0.25) is 10.0 Å². The highest BCUT2D eigenvalue weighted by Gasteiger charge is 2.22. The van der Waals surface area contributed by atoms with E-state index in [1.54, 1.807) is 6.07 Å². The van der Waals surface area contributed by atoms with Crippen LogP contribution in [-0.4, -0.2) is 32.6 Å². The predicted molar refractivity (Wildman–Crippen MR) is 62.8 cm³/mol. The highest BCUT2D eigenvalue weighted by atomic mass is 32.2. The van der Waals surface area contributed by atoms with Crippen molar-refractivity contribution in [3.63, 3.8) is 0 Å². The Morgan fingerprint density at radius 3 is 2.58 bits per heavy atom. The predicted octanol–water partition coefficient (Wildman–Crippen LogP) is 0.0448. The smallest absolute Gasteiger partial charge is 0.265 e. The van der Waals surface area contributed by atoms with Gasteiger partial charge in [-0.3, -0.25) is 0 Å². The number of nitrogens with one attached hydrogen (secondary N) is 1. The van der Waals surface area contributed by atoms with Crippen LogP contribution in [0.1, 0.15) is 5.56 Å². The van der Waals surface area contributed by atoms with Gasteiger partial charge in [-0.1, -0.05) is 0 Å². The summed E-state index contributed by atoms with van der Waals surface area (Å²) >= 11 is 0. The lowest BCUT2D eigenvalue weighted by Crippen LogP contribution is -2.36. The first kappa shape index (κ1) is 15.3. The van der Waals surface area contributed by atoms with E-state index in [4.69, 9.17) is 16.1 Å². The normalized spacial score (nSPS) is 13.2. The summed E-state index contributed by atoms with van der Waals surface area (Å²) in [5, 5.41) is 17.4. The van der Waals surface area contributed by atoms with Crippen molar-refractivity contribution in [1.82, 2.24) is 4.72 Å². The number of benzene rings is 1. The van der Waals surface area contributed by atoms with Crippen LogP contribution in [0, 0.1) is 11.3 Å². The van der Waals surface area contributed by atoms with E-state index in [1.165, 1.54) is 6.07 Å². The summed E-state index contributed by atoms with van der Waals surface area (Å²) in [5.41, 5.74) is 5.46. The number of halogens is 2. The minimum Gasteiger partial charge on any atom is -0.398 e. The van der Waals surface area contributed by atoms with Gasteiger partial charge in [0.25, 0.3) is 6.43 Å². The zero-order valence-electron chi connectivity index (χ0n) is 9.55. The maximum atomic E-state index is 12.0. The van der Waals surface area contributed by atoms with E-state index in [0.29, 0.717) is 0 Å². The maximum absolute atomic E-state index is 12.0. The lowest BCUT2D eigenvalue weighted by atomic mass is 10.2. The molecule has 0 saturated carbocycles. The third-order valence-corrected chi connectivity index (χ3v) is 3.70. The van der Waals surface area contributed by atoms with Gasteiger partial charge in [0.05, 0.1) is 17.3 Å². The summed E-state index contributed by atoms with van der Waals surface area (Å²) in [6.07, 6.45) is -5.16. The lowest BCUT2D eigenvalue weighted by Gasteiger charge is -2.12. The topological polar surface area (TPSA) is 116 Å². The van der Waals surface area contributed by atoms with E-state index in [9.17, 15) is 17.2 Å². The van der Waals surface area contributed by atoms with Gasteiger partial charge in [-0.2, -0.15) is 5.26 Å². The molecule has 0 aromatic heterocycles. The van der Waals surface area contributed by atoms with E-state index in [-0.39, 0.29) is 16.1 Å². The molecular weight excluding hydrogens is 280 g/mol. The molecule has 0 aliphatic rings. The van der Waals surface area contributed by atoms with Crippen LogP contribution in [0.4, 0.5) is 14.5 Å². The third kappa shape index (κ3) is 3.85. The number of nitrogens with zero attached hydrogens (tertiary/aromatic N) is 1. The SMILES string of the molecule is N#Cc1ccc(S(=O)(=O)NCC(O)C(F)F)c(N)c1. The molecule has 4 N–H and O–H groups in total. The van der Waals surface area contributed by atoms with Gasteiger partial charge >= 0.3 is 0 Å². The first-order valence-corrected chi connectivity index (χ1v) is 6.51. The molecule has 0 heterocycles. The van der Waals surface area contributed by atoms with E-state index < -0.39 is 29.1 Å². The van der Waals surface area contributed by atoms with Crippen LogP contribution in [0.3, 0.4) is 0 Å². The Morgan fingerprint density at radius 2 is 2.11 bits per heavy atom. The van der Waals surface area contributed by atoms with Crippen molar-refractivity contribution in [2.75, 3.05) is 12.3 Å². The van der Waals surface area contributed by atoms with Crippen LogP contribution in [0.15, 0.2) is 23.1 Å². The first-order valence-electron chi connectivity index (χ1n) is 5.03. The first-order chi connectivity index (χ1) is 8.77. The molecule has 19 heavy (non-hydrogen) atoms. The number of rotatable bonds is 5. The molecule has 104 valence electrons. The van der Waals surface area contributed by atoms with Gasteiger partial charge in [0.1, 0.15) is 11.0 Å². The molecule has 1 rings (SSSR count). The van der Waals surface area contributed by atoms with Gasteiger partial charge in [0, 0.05) is 6.54 Å². The van der Waals surface area contributed by atoms with Gasteiger partial charge < -0.3 is 10.8 Å². The second-order valence-corrected chi connectivity index (χ2v) is 5.35. The fraction of sp³-hybridized carbons (Fsp3) is 0.300. The van der Waals surface area contributed by atoms with Crippen LogP contribution in [0.2, 0.25) is 0 Å². The zero-order valence-corrected chi connectivity index (χ0v) is 10.4. The molecule has 1 aromatic rings. The molecule has 9 heteroatoms. The van der Waals surface area contributed by atoms with Gasteiger partial charge in [-0.05, 0) is 18.2 Å². The summed E-state index contributed by atoms with van der Waals surface area (Å²) in [6.45, 7) is -0.834. The number of anilines is 1. The number of alkyl halides is 2. The van der Waals surface area contributed by atoms with Crippen LogP contribution >= 0.6 is 0 Å². The molecule has 0 aliphatic heterocycles. The number of nitrogen functional groups attached to an aromatic ring is 1. The minimum atomic E-state index is -4.12. The molecule has 1 atom stereocenters. The Balaban J connectivity index is 2.93. The van der Waals surface area contributed by atoms with Crippen LogP contribution < -0.4 is 10.5 Å². The Morgan fingerprint density at radius 1 is 1.47 bits per heavy atom. The molecule has 0 fully saturated rings. The van der Waals surface area contributed by atoms with E-state index in [0.717, 1.165) is 12.1 Å². The number of aliphatic hydroxyl groups is 1. The molecule has 6 nitrogen and oxygen atoms in total. The minimum absolute atomic E-state index is 0.170. The Kier molecular flexibility index (Phi) is 4.77. The highest BCUT2D eigenvalue weighted by molar-refractivity contribution is 7.89. The van der Waals surface area contributed by atoms with Crippen molar-refractivity contribution in [1.29, 1.82) is 5.26 Å². The Labute approximate surface area is 108 Å². The van der Waals surface area contributed by atoms with E-state index >= 15 is 0 Å². The fourth-order valence-electron chi connectivity index (χ4n) is 1.22. The molecular formula is C10H11F2N3O3S. The van der Waals surface area contributed by atoms with Gasteiger partial charge in [-0.25, -0.2) is 21.9 Å². The van der Waals surface area contributed by atoms with Crippen molar-refractivity contribution in [2.24, 2.45) is 0 Å². The third-order valence-electron chi connectivity index (χ3n) is 2.20. The zero-order chi connectivity index (χ0) is 14.6. The number of nitriles is 1. The monoisotopic (exact) mass is 291 g/mol. The molecule has 0 spiro atoms. The summed E-state index contributed by atoms with van der Waals surface area (Å²) in [4.78, 5) is -0.340. The van der Waals surface area contributed by atoms with Crippen LogP contribution in [0.25, 0.3) is 0 Å². The van der Waals surface area contributed by atoms with Crippen molar-refractivity contribution in [3.8, 4) is 6.07 Å². The van der Waals surface area contributed by atoms with E-state index in [2.05, 4.69) is 0 Å². The second-order valence-electron chi connectivity index (χ2n) is 3.62. The van der Waals surface area contributed by atoms with Crippen molar-refractivity contribution in [2.45, 2.75) is 17.4 Å². The van der Waals surface area contributed by atoms with Gasteiger partial charge in [0.15, 0.2) is 0 Å². The molecule has 1 unspecified atom stereocenters. The number of hydrogen-bond acceptors (Lipinski definition) is 5. The molecule has 0 radical (unpaired) electrons. The van der Waals surface area contributed by atoms with E-state index in [1.807, 2.05) is 4.72 Å². The fourth-order valence-corrected chi connectivity index (χ4v) is 2.39. The van der Waals surface area contributed by atoms with Crippen molar-refractivity contribution >= 4 is 15.7 Å². The lowest BCUT2D eigenvalue weighted by molar-refractivity contribution is -0.000450. The molecule has 1 aromatic carbocycles. The quantitative estimate of drug-likeness (QED) is 0.662. The van der Waals surface area contributed by atoms with Crippen molar-refractivity contribution < 1.29 is 22.3 Å². The molecule has 0 saturated heterocycles. The number of aliphatic hydroxyl groups excluding tert-OH is 1. The Bertz CT molecular complexity index is 599. The highest BCUT2D eigenvalue weighted by Crippen LogP contribution is 2.19. The average Bonchev–Trinajstić information content (AvgIpc) is 2.35. The molecule has 0 amide bonds. The number of hydrogen-bond donors (Lipinski definition) is 3. The summed E-state index contributed by atoms with van der Waals surface area (Å²) in [6, 6.07) is 5.25. The second kappa shape index (κ2) is 5.92. The maximum Gasteiger partial charge on any atom is 0.265 e. The summed E-state index contributed by atoms with van der Waals surface area (Å²) in [7, 11) is -4.12. The van der Waals surface area contributed by atoms with Crippen molar-refractivity contribution in [3.05, 3.63) is 23.8 Å². The van der Waals surface area contributed by atoms with Gasteiger partial charge in [-0.15, -0.1) is 0 Å². The van der Waals surface area contributed by atoms with Crippen LogP contribution in [-0.2, 0) is 10.0 Å². The number of nitrogens with two attached hydrogens (primary N) is 1. The summed E-state index contributed by atoms with van der Waals surface area (Å²) in [5.74, 6) is 0. The molecule has 0 aliphatic carbocycles. The largest absolute Gasteiger partial charge is 0.398 e. The summed E-state index contributed by atoms with van der Waals surface area (Å²) < 4.78 is 49.4. The Hall–Kier alpha value is -1.76. The molecule has 0 bridgehead atoms.